The lowest BCUT2D eigenvalue weighted by Gasteiger charge is -2.22. The van der Waals surface area contributed by atoms with E-state index >= 15 is 0 Å². The van der Waals surface area contributed by atoms with E-state index in [1.54, 1.807) is 0 Å². The zero-order valence-corrected chi connectivity index (χ0v) is 12.7. The Balaban J connectivity index is 1.65. The number of hydrogen-bond donors (Lipinski definition) is 0. The summed E-state index contributed by atoms with van der Waals surface area (Å²) in [5.74, 6) is 2.34. The molecule has 0 amide bonds. The van der Waals surface area contributed by atoms with Gasteiger partial charge in [0.25, 0.3) is 0 Å². The fourth-order valence-electron chi connectivity index (χ4n) is 2.79. The van der Waals surface area contributed by atoms with E-state index in [4.69, 9.17) is 9.47 Å². The van der Waals surface area contributed by atoms with Gasteiger partial charge in [0.1, 0.15) is 23.9 Å². The van der Waals surface area contributed by atoms with Crippen LogP contribution in [-0.2, 0) is 6.61 Å². The minimum Gasteiger partial charge on any atom is -0.489 e. The van der Waals surface area contributed by atoms with Crippen LogP contribution in [0.15, 0.2) is 79.4 Å². The highest BCUT2D eigenvalue weighted by atomic mass is 16.5. The van der Waals surface area contributed by atoms with E-state index in [9.17, 15) is 0 Å². The summed E-state index contributed by atoms with van der Waals surface area (Å²) in [6.07, 6.45) is 0. The van der Waals surface area contributed by atoms with Gasteiger partial charge in [-0.25, -0.2) is 0 Å². The molecular weight excluding hydrogens is 284 g/mol. The molecule has 2 nitrogen and oxygen atoms in total. The van der Waals surface area contributed by atoms with Crippen molar-refractivity contribution in [2.75, 3.05) is 0 Å². The second-order valence-electron chi connectivity index (χ2n) is 5.50. The Hall–Kier alpha value is -3.00. The van der Waals surface area contributed by atoms with Crippen LogP contribution < -0.4 is 9.47 Å². The van der Waals surface area contributed by atoms with Gasteiger partial charge in [-0.3, -0.25) is 0 Å². The zero-order valence-electron chi connectivity index (χ0n) is 12.7. The molecule has 4 rings (SSSR count). The number of ether oxygens (including phenoxy) is 2. The van der Waals surface area contributed by atoms with Crippen LogP contribution in [0.2, 0.25) is 0 Å². The van der Waals surface area contributed by atoms with Crippen molar-refractivity contribution in [1.29, 1.82) is 0 Å². The quantitative estimate of drug-likeness (QED) is 0.654. The highest BCUT2D eigenvalue weighted by Gasteiger charge is 2.20. The normalized spacial score (nSPS) is 12.1. The minimum atomic E-state index is 0.550. The average Bonchev–Trinajstić information content (AvgIpc) is 2.61. The predicted octanol–water partition coefficient (Wildman–Crippen LogP) is 5.30. The zero-order chi connectivity index (χ0) is 15.6. The van der Waals surface area contributed by atoms with Crippen LogP contribution in [0.25, 0.3) is 16.9 Å². The molecule has 3 aromatic carbocycles. The van der Waals surface area contributed by atoms with Gasteiger partial charge in [-0.2, -0.15) is 0 Å². The van der Waals surface area contributed by atoms with Gasteiger partial charge in [0.15, 0.2) is 0 Å². The smallest absolute Gasteiger partial charge is 0.135 e. The lowest BCUT2D eigenvalue weighted by Crippen LogP contribution is -2.04. The van der Waals surface area contributed by atoms with E-state index < -0.39 is 0 Å². The van der Waals surface area contributed by atoms with Crippen LogP contribution in [0.4, 0.5) is 0 Å². The van der Waals surface area contributed by atoms with E-state index in [2.05, 4.69) is 24.8 Å². The van der Waals surface area contributed by atoms with Crippen molar-refractivity contribution < 1.29 is 9.47 Å². The lowest BCUT2D eigenvalue weighted by molar-refractivity contribution is 0.306. The first-order chi connectivity index (χ1) is 11.3. The summed E-state index contributed by atoms with van der Waals surface area (Å²) in [4.78, 5) is 0. The Kier molecular flexibility index (Phi) is 3.35. The van der Waals surface area contributed by atoms with Crippen LogP contribution in [0.1, 0.15) is 11.1 Å². The van der Waals surface area contributed by atoms with Gasteiger partial charge in [0, 0.05) is 11.1 Å². The summed E-state index contributed by atoms with van der Waals surface area (Å²) < 4.78 is 11.7. The maximum Gasteiger partial charge on any atom is 0.135 e. The van der Waals surface area contributed by atoms with Gasteiger partial charge in [0.2, 0.25) is 0 Å². The molecule has 1 aliphatic rings. The maximum atomic E-state index is 5.92. The first-order valence-corrected chi connectivity index (χ1v) is 7.58. The van der Waals surface area contributed by atoms with Gasteiger partial charge >= 0.3 is 0 Å². The van der Waals surface area contributed by atoms with Crippen LogP contribution in [-0.4, -0.2) is 0 Å². The SMILES string of the molecule is C=C1Oc2ccc(OCc3ccccc3)cc2-c2ccccc21. The van der Waals surface area contributed by atoms with Crippen LogP contribution in [0.3, 0.4) is 0 Å². The highest BCUT2D eigenvalue weighted by molar-refractivity contribution is 5.86. The molecule has 0 N–H and O–H groups in total. The van der Waals surface area contributed by atoms with E-state index in [1.807, 2.05) is 54.6 Å². The molecule has 1 aliphatic heterocycles. The summed E-state index contributed by atoms with van der Waals surface area (Å²) in [5.41, 5.74) is 4.35. The van der Waals surface area contributed by atoms with Gasteiger partial charge in [-0.15, -0.1) is 0 Å². The molecule has 2 heteroatoms. The van der Waals surface area contributed by atoms with Crippen LogP contribution in [0, 0.1) is 0 Å². The fraction of sp³-hybridized carbons (Fsp3) is 0.0476. The van der Waals surface area contributed by atoms with Crippen molar-refractivity contribution in [1.82, 2.24) is 0 Å². The van der Waals surface area contributed by atoms with Crippen molar-refractivity contribution in [3.63, 3.8) is 0 Å². The third-order valence-corrected chi connectivity index (χ3v) is 3.95. The summed E-state index contributed by atoms with van der Waals surface area (Å²) in [7, 11) is 0. The first-order valence-electron chi connectivity index (χ1n) is 7.58. The van der Waals surface area contributed by atoms with Crippen molar-refractivity contribution in [2.45, 2.75) is 6.61 Å². The molecule has 3 aromatic rings. The summed E-state index contributed by atoms with van der Waals surface area (Å²) >= 11 is 0. The Morgan fingerprint density at radius 3 is 2.35 bits per heavy atom. The molecule has 0 spiro atoms. The second-order valence-corrected chi connectivity index (χ2v) is 5.50. The maximum absolute atomic E-state index is 5.92. The lowest BCUT2D eigenvalue weighted by atomic mass is 9.95. The van der Waals surface area contributed by atoms with E-state index in [-0.39, 0.29) is 0 Å². The van der Waals surface area contributed by atoms with Crippen molar-refractivity contribution in [3.05, 3.63) is 90.5 Å². The number of fused-ring (bicyclic) bond motifs is 3. The van der Waals surface area contributed by atoms with Gasteiger partial charge < -0.3 is 9.47 Å². The molecule has 0 radical (unpaired) electrons. The first kappa shape index (κ1) is 13.6. The molecule has 0 bridgehead atoms. The topological polar surface area (TPSA) is 18.5 Å². The molecular formula is C21H16O2. The Labute approximate surface area is 135 Å². The molecule has 0 saturated heterocycles. The highest BCUT2D eigenvalue weighted by Crippen LogP contribution is 2.42. The van der Waals surface area contributed by atoms with Gasteiger partial charge in [0.05, 0.1) is 0 Å². The largest absolute Gasteiger partial charge is 0.489 e. The molecule has 23 heavy (non-hydrogen) atoms. The molecule has 1 heterocycles. The number of hydrogen-bond acceptors (Lipinski definition) is 2. The van der Waals surface area contributed by atoms with E-state index in [0.717, 1.165) is 33.8 Å². The molecule has 0 atom stereocenters. The molecule has 112 valence electrons. The Morgan fingerprint density at radius 1 is 0.783 bits per heavy atom. The van der Waals surface area contributed by atoms with Crippen LogP contribution >= 0.6 is 0 Å². The summed E-state index contributed by atoms with van der Waals surface area (Å²) in [6, 6.07) is 24.2. The number of benzene rings is 3. The molecule has 0 saturated carbocycles. The Bertz CT molecular complexity index is 866. The monoisotopic (exact) mass is 300 g/mol. The average molecular weight is 300 g/mol. The van der Waals surface area contributed by atoms with E-state index in [0.29, 0.717) is 12.4 Å². The summed E-state index contributed by atoms with van der Waals surface area (Å²) in [6.45, 7) is 4.55. The van der Waals surface area contributed by atoms with Crippen molar-refractivity contribution in [3.8, 4) is 22.6 Å². The molecule has 0 aliphatic carbocycles. The molecule has 0 aromatic heterocycles. The van der Waals surface area contributed by atoms with Crippen molar-refractivity contribution >= 4 is 5.76 Å². The molecule has 0 fully saturated rings. The Morgan fingerprint density at radius 2 is 1.52 bits per heavy atom. The standard InChI is InChI=1S/C21H16O2/c1-15-18-9-5-6-10-19(18)20-13-17(11-12-21(20)23-15)22-14-16-7-3-2-4-8-16/h2-13H,1,14H2. The van der Waals surface area contributed by atoms with Gasteiger partial charge in [-0.05, 0) is 29.3 Å². The van der Waals surface area contributed by atoms with Gasteiger partial charge in [-0.1, -0.05) is 61.2 Å². The summed E-state index contributed by atoms with van der Waals surface area (Å²) in [5, 5.41) is 0. The van der Waals surface area contributed by atoms with E-state index in [1.165, 1.54) is 0 Å². The van der Waals surface area contributed by atoms with Crippen molar-refractivity contribution in [2.24, 2.45) is 0 Å². The second kappa shape index (κ2) is 5.65. The third-order valence-electron chi connectivity index (χ3n) is 3.95. The molecule has 0 unspecified atom stereocenters. The predicted molar refractivity (Wildman–Crippen MR) is 92.3 cm³/mol. The minimum absolute atomic E-state index is 0.550. The third kappa shape index (κ3) is 2.59. The number of rotatable bonds is 3. The van der Waals surface area contributed by atoms with Crippen LogP contribution in [0.5, 0.6) is 11.5 Å². The fourth-order valence-corrected chi connectivity index (χ4v) is 2.79.